The Balaban J connectivity index is 1.55. The highest BCUT2D eigenvalue weighted by Crippen LogP contribution is 2.38. The molecule has 2 atom stereocenters. The fraction of sp³-hybridized carbons (Fsp3) is 0.520. The second kappa shape index (κ2) is 9.66. The van der Waals surface area contributed by atoms with Crippen molar-refractivity contribution >= 4 is 0 Å². The molecule has 2 aliphatic heterocycles. The molecule has 0 saturated carbocycles. The molecule has 2 fully saturated rings. The Morgan fingerprint density at radius 1 is 0.727 bits per heavy atom. The number of nitrogens with zero attached hydrogens (tertiary/aromatic N) is 2. The summed E-state index contributed by atoms with van der Waals surface area (Å²) in [6.45, 7) is 4.28. The zero-order valence-corrected chi connectivity index (χ0v) is 18.3. The van der Waals surface area contributed by atoms with Crippen LogP contribution >= 0.6 is 0 Å². The molecule has 0 bridgehead atoms. The number of hydrogen-bond donors (Lipinski definition) is 0. The van der Waals surface area contributed by atoms with Crippen molar-refractivity contribution in [2.24, 2.45) is 5.92 Å². The largest absolute Gasteiger partial charge is 0.416 e. The van der Waals surface area contributed by atoms with Crippen LogP contribution in [0, 0.1) is 5.92 Å². The summed E-state index contributed by atoms with van der Waals surface area (Å²) >= 11 is 0. The van der Waals surface area contributed by atoms with E-state index in [2.05, 4.69) is 9.80 Å². The van der Waals surface area contributed by atoms with Crippen molar-refractivity contribution in [2.75, 3.05) is 32.7 Å². The molecule has 0 aliphatic carbocycles. The van der Waals surface area contributed by atoms with E-state index < -0.39 is 23.5 Å². The Bertz CT molecular complexity index is 933. The summed E-state index contributed by atoms with van der Waals surface area (Å²) in [7, 11) is 0. The molecule has 8 heteroatoms. The predicted molar refractivity (Wildman–Crippen MR) is 115 cm³/mol. The van der Waals surface area contributed by atoms with Gasteiger partial charge in [0.1, 0.15) is 0 Å². The quantitative estimate of drug-likeness (QED) is 0.465. The Kier molecular flexibility index (Phi) is 7.05. The first kappa shape index (κ1) is 24.1. The van der Waals surface area contributed by atoms with Gasteiger partial charge in [0.25, 0.3) is 0 Å². The van der Waals surface area contributed by atoms with Crippen LogP contribution < -0.4 is 0 Å². The summed E-state index contributed by atoms with van der Waals surface area (Å²) < 4.78 is 79.3. The second-order valence-electron chi connectivity index (χ2n) is 9.24. The lowest BCUT2D eigenvalue weighted by atomic mass is 9.87. The second-order valence-corrected chi connectivity index (χ2v) is 9.24. The molecule has 2 aromatic rings. The lowest BCUT2D eigenvalue weighted by molar-refractivity contribution is -0.138. The van der Waals surface area contributed by atoms with E-state index in [0.717, 1.165) is 50.7 Å². The lowest BCUT2D eigenvalue weighted by Crippen LogP contribution is -2.36. The average Bonchev–Trinajstić information content (AvgIpc) is 3.15. The summed E-state index contributed by atoms with van der Waals surface area (Å²) in [4.78, 5) is 4.46. The highest BCUT2D eigenvalue weighted by atomic mass is 19.4. The van der Waals surface area contributed by atoms with Crippen molar-refractivity contribution in [1.29, 1.82) is 0 Å². The summed E-state index contributed by atoms with van der Waals surface area (Å²) in [6, 6.07) is 10.8. The van der Waals surface area contributed by atoms with Crippen molar-refractivity contribution in [3.05, 3.63) is 70.8 Å². The highest BCUT2D eigenvalue weighted by Gasteiger charge is 2.37. The van der Waals surface area contributed by atoms with Crippen LogP contribution in [-0.2, 0) is 18.9 Å². The van der Waals surface area contributed by atoms with Gasteiger partial charge in [-0.15, -0.1) is 0 Å². The minimum absolute atomic E-state index is 0.0972. The first-order chi connectivity index (χ1) is 15.6. The van der Waals surface area contributed by atoms with Crippen LogP contribution in [0.25, 0.3) is 0 Å². The van der Waals surface area contributed by atoms with Gasteiger partial charge >= 0.3 is 12.4 Å². The topological polar surface area (TPSA) is 6.48 Å². The highest BCUT2D eigenvalue weighted by molar-refractivity contribution is 5.31. The van der Waals surface area contributed by atoms with Crippen LogP contribution in [0.4, 0.5) is 26.3 Å². The summed E-state index contributed by atoms with van der Waals surface area (Å²) in [6.07, 6.45) is -5.38. The van der Waals surface area contributed by atoms with Crippen LogP contribution in [0.1, 0.15) is 47.4 Å². The van der Waals surface area contributed by atoms with Crippen LogP contribution in [0.2, 0.25) is 0 Å². The number of alkyl halides is 6. The molecule has 33 heavy (non-hydrogen) atoms. The van der Waals surface area contributed by atoms with Crippen LogP contribution in [-0.4, -0.2) is 42.5 Å². The number of hydrogen-bond acceptors (Lipinski definition) is 2. The van der Waals surface area contributed by atoms with E-state index in [4.69, 9.17) is 0 Å². The maximum Gasteiger partial charge on any atom is 0.416 e. The third-order valence-electron chi connectivity index (χ3n) is 6.76. The molecule has 0 spiro atoms. The van der Waals surface area contributed by atoms with Gasteiger partial charge in [-0.3, -0.25) is 4.90 Å². The van der Waals surface area contributed by atoms with Gasteiger partial charge in [-0.2, -0.15) is 26.3 Å². The number of rotatable bonds is 5. The minimum Gasteiger partial charge on any atom is -0.303 e. The SMILES string of the molecule is FC(F)(F)c1cccc(CN2CC(CN3CCCCC3)C(c3cccc(C(F)(F)F)c3)C2)c1. The molecule has 0 N–H and O–H groups in total. The van der Waals surface area contributed by atoms with E-state index in [1.165, 1.54) is 24.6 Å². The van der Waals surface area contributed by atoms with E-state index in [1.54, 1.807) is 12.1 Å². The predicted octanol–water partition coefficient (Wildman–Crippen LogP) is 6.43. The fourth-order valence-electron chi connectivity index (χ4n) is 5.18. The lowest BCUT2D eigenvalue weighted by Gasteiger charge is -2.31. The number of likely N-dealkylation sites (tertiary alicyclic amines) is 2. The normalized spacial score (nSPS) is 23.2. The molecular weight excluding hydrogens is 442 g/mol. The minimum atomic E-state index is -4.41. The number of piperidine rings is 1. The van der Waals surface area contributed by atoms with Gasteiger partial charge in [0.05, 0.1) is 11.1 Å². The summed E-state index contributed by atoms with van der Waals surface area (Å²) in [5.74, 6) is 0.0254. The molecule has 0 aromatic heterocycles. The fourth-order valence-corrected chi connectivity index (χ4v) is 5.18. The molecule has 180 valence electrons. The molecule has 0 amide bonds. The van der Waals surface area contributed by atoms with E-state index in [1.807, 2.05) is 0 Å². The molecule has 2 unspecified atom stereocenters. The van der Waals surface area contributed by atoms with E-state index in [0.29, 0.717) is 30.8 Å². The Morgan fingerprint density at radius 3 is 2.03 bits per heavy atom. The van der Waals surface area contributed by atoms with Gasteiger partial charge in [0.2, 0.25) is 0 Å². The molecule has 4 rings (SSSR count). The standard InChI is InChI=1S/C25H28F6N2/c26-24(27,28)21-8-4-6-18(12-21)14-33-16-20(15-32-10-2-1-3-11-32)23(17-33)19-7-5-9-22(13-19)25(29,30)31/h4-9,12-13,20,23H,1-3,10-11,14-17H2. The maximum atomic E-state index is 13.3. The van der Waals surface area contributed by atoms with Gasteiger partial charge in [0.15, 0.2) is 0 Å². The molecule has 2 heterocycles. The van der Waals surface area contributed by atoms with E-state index >= 15 is 0 Å². The zero-order valence-electron chi connectivity index (χ0n) is 18.3. The maximum absolute atomic E-state index is 13.3. The number of halogens is 6. The molecule has 2 aromatic carbocycles. The molecular formula is C25H28F6N2. The monoisotopic (exact) mass is 470 g/mol. The Morgan fingerprint density at radius 2 is 1.36 bits per heavy atom. The van der Waals surface area contributed by atoms with Crippen molar-refractivity contribution in [1.82, 2.24) is 9.80 Å². The van der Waals surface area contributed by atoms with Crippen molar-refractivity contribution in [3.63, 3.8) is 0 Å². The van der Waals surface area contributed by atoms with Gasteiger partial charge in [-0.25, -0.2) is 0 Å². The van der Waals surface area contributed by atoms with Crippen LogP contribution in [0.15, 0.2) is 48.5 Å². The van der Waals surface area contributed by atoms with Gasteiger partial charge < -0.3 is 4.90 Å². The average molecular weight is 471 g/mol. The molecule has 2 aliphatic rings. The van der Waals surface area contributed by atoms with Crippen molar-refractivity contribution in [3.8, 4) is 0 Å². The summed E-state index contributed by atoms with van der Waals surface area (Å²) in [5.41, 5.74) is -0.129. The van der Waals surface area contributed by atoms with Crippen LogP contribution in [0.3, 0.4) is 0 Å². The van der Waals surface area contributed by atoms with E-state index in [-0.39, 0.29) is 11.8 Å². The van der Waals surface area contributed by atoms with Gasteiger partial charge in [0, 0.05) is 32.1 Å². The third-order valence-corrected chi connectivity index (χ3v) is 6.76. The summed E-state index contributed by atoms with van der Waals surface area (Å²) in [5, 5.41) is 0. The van der Waals surface area contributed by atoms with Gasteiger partial charge in [-0.1, -0.05) is 42.8 Å². The molecule has 2 nitrogen and oxygen atoms in total. The van der Waals surface area contributed by atoms with Gasteiger partial charge in [-0.05, 0) is 55.1 Å². The molecule has 0 radical (unpaired) electrons. The Labute approximate surface area is 190 Å². The molecule has 2 saturated heterocycles. The Hall–Kier alpha value is -2.06. The van der Waals surface area contributed by atoms with Crippen molar-refractivity contribution in [2.45, 2.75) is 44.1 Å². The number of benzene rings is 2. The zero-order chi connectivity index (χ0) is 23.6. The first-order valence-corrected chi connectivity index (χ1v) is 11.4. The third kappa shape index (κ3) is 6.09. The van der Waals surface area contributed by atoms with E-state index in [9.17, 15) is 26.3 Å². The smallest absolute Gasteiger partial charge is 0.303 e. The van der Waals surface area contributed by atoms with Crippen molar-refractivity contribution < 1.29 is 26.3 Å². The van der Waals surface area contributed by atoms with Crippen LogP contribution in [0.5, 0.6) is 0 Å². The first-order valence-electron chi connectivity index (χ1n) is 11.4.